The number of halogens is 3. The van der Waals surface area contributed by atoms with Gasteiger partial charge in [0.05, 0.1) is 16.2 Å². The van der Waals surface area contributed by atoms with Crippen LogP contribution in [0, 0.1) is 0 Å². The molecule has 3 aromatic carbocycles. The summed E-state index contributed by atoms with van der Waals surface area (Å²) in [5.74, 6) is -2.37. The molecule has 0 aliphatic carbocycles. The molecule has 7 nitrogen and oxygen atoms in total. The molecule has 0 spiro atoms. The molecule has 3 amide bonds. The molecule has 4 rings (SSSR count). The van der Waals surface area contributed by atoms with Gasteiger partial charge in [0.1, 0.15) is 5.69 Å². The van der Waals surface area contributed by atoms with E-state index < -0.39 is 17.7 Å². The van der Waals surface area contributed by atoms with Crippen LogP contribution in [-0.2, 0) is 9.59 Å². The normalized spacial score (nSPS) is 10.6. The van der Waals surface area contributed by atoms with Gasteiger partial charge in [0.15, 0.2) is 0 Å². The number of nitrogens with one attached hydrogen (secondary N) is 3. The molecule has 1 heterocycles. The van der Waals surface area contributed by atoms with E-state index in [0.29, 0.717) is 27.3 Å². The van der Waals surface area contributed by atoms with E-state index in [1.807, 2.05) is 0 Å². The van der Waals surface area contributed by atoms with Gasteiger partial charge in [-0.1, -0.05) is 57.3 Å². The van der Waals surface area contributed by atoms with Crippen molar-refractivity contribution < 1.29 is 14.4 Å². The largest absolute Gasteiger partial charge is 0.328 e. The highest BCUT2D eigenvalue weighted by Gasteiger charge is 2.21. The third kappa shape index (κ3) is 5.19. The van der Waals surface area contributed by atoms with E-state index in [0.717, 1.165) is 4.47 Å². The molecule has 0 saturated carbocycles. The van der Waals surface area contributed by atoms with Gasteiger partial charge in [0, 0.05) is 20.6 Å². The number of benzene rings is 3. The first-order valence-electron chi connectivity index (χ1n) is 9.56. The second kappa shape index (κ2) is 9.66. The zero-order valence-electron chi connectivity index (χ0n) is 16.7. The van der Waals surface area contributed by atoms with E-state index >= 15 is 0 Å². The summed E-state index contributed by atoms with van der Waals surface area (Å²) in [6.07, 6.45) is 0. The van der Waals surface area contributed by atoms with Crippen LogP contribution in [0.2, 0.25) is 10.0 Å². The van der Waals surface area contributed by atoms with Crippen molar-refractivity contribution in [1.82, 2.24) is 4.68 Å². The summed E-state index contributed by atoms with van der Waals surface area (Å²) in [6.45, 7) is 0. The van der Waals surface area contributed by atoms with Crippen LogP contribution in [0.25, 0.3) is 10.9 Å². The van der Waals surface area contributed by atoms with Crippen LogP contribution >= 0.6 is 39.1 Å². The summed E-state index contributed by atoms with van der Waals surface area (Å²) >= 11 is 15.5. The minimum Gasteiger partial charge on any atom is -0.319 e. The number of amides is 3. The maximum atomic E-state index is 13.1. The Morgan fingerprint density at radius 2 is 1.58 bits per heavy atom. The Morgan fingerprint density at radius 3 is 2.30 bits per heavy atom. The van der Waals surface area contributed by atoms with Gasteiger partial charge in [-0.3, -0.25) is 19.8 Å². The third-order valence-electron chi connectivity index (χ3n) is 4.63. The molecule has 0 bridgehead atoms. The van der Waals surface area contributed by atoms with Gasteiger partial charge in [-0.15, -0.1) is 0 Å². The average molecular weight is 546 g/mol. The number of para-hydroxylation sites is 1. The van der Waals surface area contributed by atoms with Gasteiger partial charge in [-0.2, -0.15) is 0 Å². The van der Waals surface area contributed by atoms with Crippen LogP contribution in [0.3, 0.4) is 0 Å². The lowest BCUT2D eigenvalue weighted by molar-refractivity contribution is -0.133. The van der Waals surface area contributed by atoms with E-state index in [-0.39, 0.29) is 10.7 Å². The van der Waals surface area contributed by atoms with Crippen LogP contribution in [0.1, 0.15) is 10.5 Å². The molecule has 3 N–H and O–H groups in total. The average Bonchev–Trinajstić information content (AvgIpc) is 3.13. The zero-order valence-corrected chi connectivity index (χ0v) is 19.8. The number of rotatable bonds is 4. The number of fused-ring (bicyclic) bond motifs is 1. The van der Waals surface area contributed by atoms with Crippen molar-refractivity contribution in [3.8, 4) is 0 Å². The molecule has 1 aromatic heterocycles. The lowest BCUT2D eigenvalue weighted by atomic mass is 10.2. The van der Waals surface area contributed by atoms with Crippen LogP contribution in [-0.4, -0.2) is 22.4 Å². The molecule has 0 aliphatic heterocycles. The first kappa shape index (κ1) is 22.8. The number of hydrogen-bond donors (Lipinski definition) is 3. The first-order valence-corrected chi connectivity index (χ1v) is 11.1. The van der Waals surface area contributed by atoms with Crippen molar-refractivity contribution in [2.75, 3.05) is 16.1 Å². The summed E-state index contributed by atoms with van der Waals surface area (Å²) in [4.78, 5) is 38.1. The van der Waals surface area contributed by atoms with Gasteiger partial charge in [-0.25, -0.2) is 4.68 Å². The molecule has 4 aromatic rings. The SMILES string of the molecule is O=C(Nc1ccccc1)C(=O)Nn1c(C(=O)Nc2ccc(Cl)cc2Cl)cc2cc(Br)ccc21. The van der Waals surface area contributed by atoms with E-state index in [1.165, 1.54) is 10.7 Å². The fourth-order valence-electron chi connectivity index (χ4n) is 3.11. The van der Waals surface area contributed by atoms with Crippen LogP contribution in [0.4, 0.5) is 11.4 Å². The second-order valence-corrected chi connectivity index (χ2v) is 8.67. The standard InChI is InChI=1S/C23H15BrCl2N4O3/c24-14-6-9-19-13(10-14)11-20(21(31)28-18-8-7-15(25)12-17(18)26)30(19)29-23(33)22(32)27-16-4-2-1-3-5-16/h1-12H,(H,27,32)(H,28,31)(H,29,33). The number of hydrogen-bond acceptors (Lipinski definition) is 3. The minimum atomic E-state index is -0.946. The van der Waals surface area contributed by atoms with E-state index in [4.69, 9.17) is 23.2 Å². The summed E-state index contributed by atoms with van der Waals surface area (Å²) in [5.41, 5.74) is 3.92. The van der Waals surface area contributed by atoms with E-state index in [1.54, 1.807) is 66.7 Å². The second-order valence-electron chi connectivity index (χ2n) is 6.91. The molecule has 0 saturated heterocycles. The summed E-state index contributed by atoms with van der Waals surface area (Å²) in [7, 11) is 0. The first-order chi connectivity index (χ1) is 15.8. The molecule has 0 radical (unpaired) electrons. The Balaban J connectivity index is 1.65. The van der Waals surface area contributed by atoms with Gasteiger partial charge in [0.25, 0.3) is 5.91 Å². The maximum absolute atomic E-state index is 13.1. The Bertz CT molecular complexity index is 1390. The number of anilines is 2. The minimum absolute atomic E-state index is 0.0926. The number of aromatic nitrogens is 1. The Hall–Kier alpha value is -3.33. The monoisotopic (exact) mass is 544 g/mol. The molecule has 0 atom stereocenters. The van der Waals surface area contributed by atoms with Crippen molar-refractivity contribution >= 4 is 79.1 Å². The Kier molecular flexibility index (Phi) is 6.69. The molecule has 0 aliphatic rings. The molecule has 0 fully saturated rings. The number of carbonyl (C=O) groups excluding carboxylic acids is 3. The highest BCUT2D eigenvalue weighted by molar-refractivity contribution is 9.10. The smallest absolute Gasteiger partial charge is 0.319 e. The van der Waals surface area contributed by atoms with Crippen LogP contribution in [0.5, 0.6) is 0 Å². The number of nitrogens with zero attached hydrogens (tertiary/aromatic N) is 1. The number of carbonyl (C=O) groups is 3. The van der Waals surface area contributed by atoms with Gasteiger partial charge in [-0.05, 0) is 54.6 Å². The summed E-state index contributed by atoms with van der Waals surface area (Å²) < 4.78 is 2.04. The predicted octanol–water partition coefficient (Wildman–Crippen LogP) is 5.67. The molecule has 10 heteroatoms. The van der Waals surface area contributed by atoms with Gasteiger partial charge in [0.2, 0.25) is 0 Å². The van der Waals surface area contributed by atoms with Crippen LogP contribution < -0.4 is 16.1 Å². The van der Waals surface area contributed by atoms with Gasteiger partial charge < -0.3 is 10.6 Å². The maximum Gasteiger partial charge on any atom is 0.328 e. The summed E-state index contributed by atoms with van der Waals surface area (Å²) in [5, 5.41) is 6.56. The zero-order chi connectivity index (χ0) is 23.5. The Labute approximate surface area is 206 Å². The highest BCUT2D eigenvalue weighted by atomic mass is 79.9. The van der Waals surface area contributed by atoms with Gasteiger partial charge >= 0.3 is 11.8 Å². The topological polar surface area (TPSA) is 92.2 Å². The quantitative estimate of drug-likeness (QED) is 0.288. The third-order valence-corrected chi connectivity index (χ3v) is 5.67. The lowest BCUT2D eigenvalue weighted by Gasteiger charge is -2.13. The fraction of sp³-hybridized carbons (Fsp3) is 0. The Morgan fingerprint density at radius 1 is 0.818 bits per heavy atom. The van der Waals surface area contributed by atoms with Crippen molar-refractivity contribution in [1.29, 1.82) is 0 Å². The van der Waals surface area contributed by atoms with Crippen LogP contribution in [0.15, 0.2) is 77.3 Å². The van der Waals surface area contributed by atoms with Crippen molar-refractivity contribution in [3.05, 3.63) is 93.0 Å². The molecule has 0 unspecified atom stereocenters. The van der Waals surface area contributed by atoms with E-state index in [9.17, 15) is 14.4 Å². The van der Waals surface area contributed by atoms with Crippen molar-refractivity contribution in [3.63, 3.8) is 0 Å². The molecular formula is C23H15BrCl2N4O3. The predicted molar refractivity (Wildman–Crippen MR) is 133 cm³/mol. The van der Waals surface area contributed by atoms with E-state index in [2.05, 4.69) is 32.0 Å². The van der Waals surface area contributed by atoms with Crippen molar-refractivity contribution in [2.45, 2.75) is 0 Å². The highest BCUT2D eigenvalue weighted by Crippen LogP contribution is 2.27. The lowest BCUT2D eigenvalue weighted by Crippen LogP contribution is -2.36. The molecule has 33 heavy (non-hydrogen) atoms. The van der Waals surface area contributed by atoms with Crippen molar-refractivity contribution in [2.24, 2.45) is 0 Å². The summed E-state index contributed by atoms with van der Waals surface area (Å²) in [6, 6.07) is 20.1. The fourth-order valence-corrected chi connectivity index (χ4v) is 3.95. The molecule has 166 valence electrons. The molecular weight excluding hydrogens is 531 g/mol.